The molecule has 8 heteroatoms. The molecule has 0 saturated heterocycles. The molecule has 0 unspecified atom stereocenters. The lowest BCUT2D eigenvalue weighted by Crippen LogP contribution is -2.00. The Kier molecular flexibility index (Phi) is 3.46. The number of nitrogens with zero attached hydrogens (tertiary/aromatic N) is 6. The minimum absolute atomic E-state index is 0.753. The van der Waals surface area contributed by atoms with Crippen LogP contribution in [0.15, 0.2) is 30.6 Å². The molecule has 0 aliphatic heterocycles. The van der Waals surface area contributed by atoms with Gasteiger partial charge in [0, 0.05) is 10.6 Å². The highest BCUT2D eigenvalue weighted by molar-refractivity contribution is 7.18. The van der Waals surface area contributed by atoms with E-state index in [1.165, 1.54) is 10.4 Å². The Labute approximate surface area is 142 Å². The topological polar surface area (TPSA) is 81.4 Å². The predicted molar refractivity (Wildman–Crippen MR) is 94.1 cm³/mol. The van der Waals surface area contributed by atoms with Crippen LogP contribution in [0.1, 0.15) is 16.3 Å². The molecule has 0 aliphatic carbocycles. The van der Waals surface area contributed by atoms with E-state index in [0.29, 0.717) is 0 Å². The van der Waals surface area contributed by atoms with Crippen LogP contribution < -0.4 is 5.32 Å². The van der Waals surface area contributed by atoms with E-state index in [1.807, 2.05) is 31.2 Å². The van der Waals surface area contributed by atoms with Crippen LogP contribution in [0.4, 0.5) is 11.5 Å². The number of anilines is 2. The van der Waals surface area contributed by atoms with Crippen molar-refractivity contribution < 1.29 is 0 Å². The zero-order chi connectivity index (χ0) is 16.7. The van der Waals surface area contributed by atoms with Gasteiger partial charge in [0.2, 0.25) is 0 Å². The molecule has 7 nitrogen and oxygen atoms in total. The second-order valence-corrected chi connectivity index (χ2v) is 6.72. The summed E-state index contributed by atoms with van der Waals surface area (Å²) in [6.45, 7) is 6.13. The van der Waals surface area contributed by atoms with Crippen LogP contribution in [0, 0.1) is 20.8 Å². The van der Waals surface area contributed by atoms with E-state index >= 15 is 0 Å². The SMILES string of the molecule is Cc1nc(Nc2cccc(-n3cnnn3)c2)c2c(C)c(C)sc2n1. The number of hydrogen-bond donors (Lipinski definition) is 1. The smallest absolute Gasteiger partial charge is 0.143 e. The molecule has 0 bridgehead atoms. The Morgan fingerprint density at radius 1 is 1.12 bits per heavy atom. The number of benzene rings is 1. The molecular weight excluding hydrogens is 322 g/mol. The number of thiophene rings is 1. The molecule has 0 saturated carbocycles. The number of aryl methyl sites for hydroxylation is 3. The van der Waals surface area contributed by atoms with Gasteiger partial charge in [-0.05, 0) is 55.0 Å². The number of rotatable bonds is 3. The van der Waals surface area contributed by atoms with E-state index in [-0.39, 0.29) is 0 Å². The molecule has 1 aromatic carbocycles. The molecule has 0 amide bonds. The van der Waals surface area contributed by atoms with Crippen LogP contribution in [0.25, 0.3) is 15.9 Å². The second kappa shape index (κ2) is 5.64. The maximum atomic E-state index is 4.60. The van der Waals surface area contributed by atoms with Gasteiger partial charge < -0.3 is 5.32 Å². The molecule has 4 rings (SSSR count). The number of nitrogens with one attached hydrogen (secondary N) is 1. The third-order valence-electron chi connectivity index (χ3n) is 3.86. The third kappa shape index (κ3) is 2.50. The normalized spacial score (nSPS) is 11.1. The number of fused-ring (bicyclic) bond motifs is 1. The number of tetrazole rings is 1. The van der Waals surface area contributed by atoms with Gasteiger partial charge in [0.1, 0.15) is 22.8 Å². The molecule has 1 N–H and O–H groups in total. The molecule has 24 heavy (non-hydrogen) atoms. The molecular formula is C16H15N7S. The van der Waals surface area contributed by atoms with Crippen LogP contribution in [0.2, 0.25) is 0 Å². The predicted octanol–water partition coefficient (Wildman–Crippen LogP) is 3.34. The maximum Gasteiger partial charge on any atom is 0.143 e. The largest absolute Gasteiger partial charge is 0.340 e. The van der Waals surface area contributed by atoms with Gasteiger partial charge in [-0.3, -0.25) is 0 Å². The van der Waals surface area contributed by atoms with Crippen molar-refractivity contribution in [3.05, 3.63) is 46.9 Å². The molecule has 120 valence electrons. The van der Waals surface area contributed by atoms with Crippen molar-refractivity contribution in [2.45, 2.75) is 20.8 Å². The lowest BCUT2D eigenvalue weighted by atomic mass is 10.2. The maximum absolute atomic E-state index is 4.60. The van der Waals surface area contributed by atoms with Crippen molar-refractivity contribution >= 4 is 33.1 Å². The van der Waals surface area contributed by atoms with Gasteiger partial charge in [-0.1, -0.05) is 6.07 Å². The molecule has 3 aromatic heterocycles. The number of aromatic nitrogens is 6. The van der Waals surface area contributed by atoms with Gasteiger partial charge in [-0.15, -0.1) is 16.4 Å². The lowest BCUT2D eigenvalue weighted by Gasteiger charge is -2.10. The Bertz CT molecular complexity index is 1020. The van der Waals surface area contributed by atoms with Crippen LogP contribution in [-0.2, 0) is 0 Å². The van der Waals surface area contributed by atoms with Gasteiger partial charge >= 0.3 is 0 Å². The van der Waals surface area contributed by atoms with Crippen molar-refractivity contribution in [3.8, 4) is 5.69 Å². The van der Waals surface area contributed by atoms with Gasteiger partial charge in [-0.25, -0.2) is 14.6 Å². The number of hydrogen-bond acceptors (Lipinski definition) is 7. The van der Waals surface area contributed by atoms with Gasteiger partial charge in [0.05, 0.1) is 11.1 Å². The molecule has 0 atom stereocenters. The van der Waals surface area contributed by atoms with E-state index in [1.54, 1.807) is 22.3 Å². The van der Waals surface area contributed by atoms with Gasteiger partial charge in [0.25, 0.3) is 0 Å². The van der Waals surface area contributed by atoms with Crippen molar-refractivity contribution in [2.24, 2.45) is 0 Å². The monoisotopic (exact) mass is 337 g/mol. The Morgan fingerprint density at radius 3 is 2.79 bits per heavy atom. The summed E-state index contributed by atoms with van der Waals surface area (Å²) in [5, 5.41) is 15.8. The summed E-state index contributed by atoms with van der Waals surface area (Å²) in [4.78, 5) is 11.4. The molecule has 0 fully saturated rings. The first-order chi connectivity index (χ1) is 11.6. The first-order valence-corrected chi connectivity index (χ1v) is 8.28. The van der Waals surface area contributed by atoms with E-state index in [2.05, 4.69) is 44.7 Å². The second-order valence-electron chi connectivity index (χ2n) is 5.51. The fraction of sp³-hybridized carbons (Fsp3) is 0.188. The first kappa shape index (κ1) is 14.7. The zero-order valence-corrected chi connectivity index (χ0v) is 14.3. The standard InChI is InChI=1S/C16H15N7S/c1-9-10(2)24-16-14(9)15(18-11(3)19-16)20-12-5-4-6-13(7-12)23-8-17-21-22-23/h4-8H,1-3H3,(H,18,19,20). The van der Waals surface area contributed by atoms with E-state index in [0.717, 1.165) is 33.2 Å². The minimum Gasteiger partial charge on any atom is -0.340 e. The summed E-state index contributed by atoms with van der Waals surface area (Å²) in [5.74, 6) is 1.58. The highest BCUT2D eigenvalue weighted by Crippen LogP contribution is 2.34. The van der Waals surface area contributed by atoms with Crippen LogP contribution in [-0.4, -0.2) is 30.2 Å². The van der Waals surface area contributed by atoms with Gasteiger partial charge in [-0.2, -0.15) is 0 Å². The molecule has 0 aliphatic rings. The third-order valence-corrected chi connectivity index (χ3v) is 4.96. The van der Waals surface area contributed by atoms with E-state index < -0.39 is 0 Å². The summed E-state index contributed by atoms with van der Waals surface area (Å²) in [7, 11) is 0. The fourth-order valence-electron chi connectivity index (χ4n) is 2.59. The lowest BCUT2D eigenvalue weighted by molar-refractivity contribution is 0.789. The Balaban J connectivity index is 1.79. The highest BCUT2D eigenvalue weighted by Gasteiger charge is 2.13. The van der Waals surface area contributed by atoms with Crippen molar-refractivity contribution in [1.29, 1.82) is 0 Å². The van der Waals surface area contributed by atoms with Crippen molar-refractivity contribution in [1.82, 2.24) is 30.2 Å². The van der Waals surface area contributed by atoms with Gasteiger partial charge in [0.15, 0.2) is 0 Å². The average Bonchev–Trinajstić information content (AvgIpc) is 3.17. The summed E-state index contributed by atoms with van der Waals surface area (Å²) < 4.78 is 1.62. The summed E-state index contributed by atoms with van der Waals surface area (Å²) in [6, 6.07) is 7.87. The zero-order valence-electron chi connectivity index (χ0n) is 13.5. The first-order valence-electron chi connectivity index (χ1n) is 7.46. The van der Waals surface area contributed by atoms with Crippen LogP contribution in [0.5, 0.6) is 0 Å². The van der Waals surface area contributed by atoms with E-state index in [4.69, 9.17) is 0 Å². The minimum atomic E-state index is 0.753. The van der Waals surface area contributed by atoms with Crippen molar-refractivity contribution in [2.75, 3.05) is 5.32 Å². The fourth-order valence-corrected chi connectivity index (χ4v) is 3.66. The molecule has 0 spiro atoms. The van der Waals surface area contributed by atoms with Crippen LogP contribution >= 0.6 is 11.3 Å². The van der Waals surface area contributed by atoms with Crippen molar-refractivity contribution in [3.63, 3.8) is 0 Å². The van der Waals surface area contributed by atoms with Crippen LogP contribution in [0.3, 0.4) is 0 Å². The Hall–Kier alpha value is -2.87. The highest BCUT2D eigenvalue weighted by atomic mass is 32.1. The Morgan fingerprint density at radius 2 is 2.00 bits per heavy atom. The van der Waals surface area contributed by atoms with E-state index in [9.17, 15) is 0 Å². The molecule has 3 heterocycles. The summed E-state index contributed by atoms with van der Waals surface area (Å²) in [5.41, 5.74) is 3.02. The molecule has 4 aromatic rings. The summed E-state index contributed by atoms with van der Waals surface area (Å²) in [6.07, 6.45) is 1.57. The summed E-state index contributed by atoms with van der Waals surface area (Å²) >= 11 is 1.70. The average molecular weight is 337 g/mol. The quantitative estimate of drug-likeness (QED) is 0.617. The molecule has 0 radical (unpaired) electrons.